The molecule has 6 nitrogen and oxygen atoms in total. The standard InChI is InChI=1S/C17H19N2O4/c20-14(10-19-7-5-18(6-8-19)16(21)11-19)13-9-12-3-1-2-4-15(12)23-17(13)22/h1-4,9,16,21H,5-8,10-11H2/q+1. The Morgan fingerprint density at radius 1 is 1.30 bits per heavy atom. The number of hydrogen-bond donors (Lipinski definition) is 1. The molecule has 3 saturated heterocycles. The van der Waals surface area contributed by atoms with Crippen LogP contribution in [0.25, 0.3) is 11.0 Å². The highest BCUT2D eigenvalue weighted by Gasteiger charge is 2.45. The molecule has 6 heteroatoms. The fraction of sp³-hybridized carbons (Fsp3) is 0.412. The predicted molar refractivity (Wildman–Crippen MR) is 84.1 cm³/mol. The molecule has 0 radical (unpaired) electrons. The Bertz CT molecular complexity index is 821. The smallest absolute Gasteiger partial charge is 0.347 e. The van der Waals surface area contributed by atoms with Gasteiger partial charge in [-0.1, -0.05) is 18.2 Å². The molecule has 0 spiro atoms. The van der Waals surface area contributed by atoms with Crippen LogP contribution in [-0.4, -0.2) is 65.8 Å². The highest BCUT2D eigenvalue weighted by atomic mass is 16.4. The van der Waals surface area contributed by atoms with Crippen molar-refractivity contribution in [2.24, 2.45) is 0 Å². The van der Waals surface area contributed by atoms with Gasteiger partial charge in [0, 0.05) is 5.39 Å². The molecule has 0 saturated carbocycles. The largest absolute Gasteiger partial charge is 0.422 e. The number of fused-ring (bicyclic) bond motifs is 4. The lowest BCUT2D eigenvalue weighted by Crippen LogP contribution is -2.72. The Kier molecular flexibility index (Phi) is 3.33. The van der Waals surface area contributed by atoms with Crippen molar-refractivity contribution < 1.29 is 18.8 Å². The van der Waals surface area contributed by atoms with Crippen molar-refractivity contribution in [3.63, 3.8) is 0 Å². The molecule has 23 heavy (non-hydrogen) atoms. The maximum atomic E-state index is 12.7. The van der Waals surface area contributed by atoms with Crippen molar-refractivity contribution in [2.75, 3.05) is 39.3 Å². The number of quaternary nitrogens is 1. The second-order valence-electron chi connectivity index (χ2n) is 6.55. The summed E-state index contributed by atoms with van der Waals surface area (Å²) in [5.41, 5.74) is 0.0184. The summed E-state index contributed by atoms with van der Waals surface area (Å²) in [7, 11) is 0. The van der Waals surface area contributed by atoms with Crippen molar-refractivity contribution in [1.82, 2.24) is 4.90 Å². The van der Waals surface area contributed by atoms with Gasteiger partial charge in [-0.2, -0.15) is 0 Å². The van der Waals surface area contributed by atoms with Crippen LogP contribution in [0.5, 0.6) is 0 Å². The number of aliphatic hydroxyl groups excluding tert-OH is 1. The molecule has 3 fully saturated rings. The van der Waals surface area contributed by atoms with E-state index < -0.39 is 11.9 Å². The van der Waals surface area contributed by atoms with Crippen LogP contribution in [0, 0.1) is 0 Å². The highest BCUT2D eigenvalue weighted by Crippen LogP contribution is 2.24. The molecule has 1 atom stereocenters. The van der Waals surface area contributed by atoms with E-state index in [-0.39, 0.29) is 17.9 Å². The average Bonchev–Trinajstić information content (AvgIpc) is 2.54. The Hall–Kier alpha value is -2.02. The van der Waals surface area contributed by atoms with E-state index in [9.17, 15) is 14.7 Å². The first-order valence-corrected chi connectivity index (χ1v) is 7.90. The Morgan fingerprint density at radius 3 is 2.78 bits per heavy atom. The van der Waals surface area contributed by atoms with Crippen LogP contribution in [0.15, 0.2) is 39.5 Å². The first kappa shape index (κ1) is 14.6. The van der Waals surface area contributed by atoms with Gasteiger partial charge in [0.25, 0.3) is 0 Å². The summed E-state index contributed by atoms with van der Waals surface area (Å²) in [5, 5.41) is 10.8. The second kappa shape index (κ2) is 5.26. The van der Waals surface area contributed by atoms with Crippen molar-refractivity contribution in [1.29, 1.82) is 0 Å². The van der Waals surface area contributed by atoms with Gasteiger partial charge in [-0.15, -0.1) is 0 Å². The van der Waals surface area contributed by atoms with E-state index in [0.29, 0.717) is 16.6 Å². The number of para-hydroxylation sites is 1. The molecular formula is C17H19N2O4+. The molecule has 2 aromatic rings. The van der Waals surface area contributed by atoms with Crippen LogP contribution >= 0.6 is 0 Å². The molecule has 3 aliphatic rings. The van der Waals surface area contributed by atoms with Crippen LogP contribution in [0.3, 0.4) is 0 Å². The number of carbonyl (C=O) groups is 1. The highest BCUT2D eigenvalue weighted by molar-refractivity contribution is 5.99. The summed E-state index contributed by atoms with van der Waals surface area (Å²) < 4.78 is 5.82. The maximum Gasteiger partial charge on any atom is 0.347 e. The van der Waals surface area contributed by atoms with Gasteiger partial charge < -0.3 is 14.0 Å². The zero-order valence-corrected chi connectivity index (χ0v) is 12.8. The van der Waals surface area contributed by atoms with Gasteiger partial charge in [-0.25, -0.2) is 4.79 Å². The van der Waals surface area contributed by atoms with Crippen molar-refractivity contribution in [3.8, 4) is 0 Å². The van der Waals surface area contributed by atoms with Crippen LogP contribution in [0.2, 0.25) is 0 Å². The van der Waals surface area contributed by atoms with Gasteiger partial charge in [0.2, 0.25) is 5.78 Å². The maximum absolute atomic E-state index is 12.7. The van der Waals surface area contributed by atoms with Gasteiger partial charge in [-0.05, 0) is 12.1 Å². The van der Waals surface area contributed by atoms with Crippen LogP contribution in [0.1, 0.15) is 10.4 Å². The SMILES string of the molecule is O=C(C[N+]12CCN(CC1)C(O)C2)c1cc2ccccc2oc1=O. The number of rotatable bonds is 3. The summed E-state index contributed by atoms with van der Waals surface area (Å²) >= 11 is 0. The molecule has 1 aromatic carbocycles. The fourth-order valence-corrected chi connectivity index (χ4v) is 3.72. The molecule has 5 rings (SSSR count). The number of ketones is 1. The van der Waals surface area contributed by atoms with Crippen LogP contribution in [-0.2, 0) is 0 Å². The minimum Gasteiger partial charge on any atom is -0.422 e. The average molecular weight is 315 g/mol. The number of aliphatic hydroxyl groups is 1. The lowest BCUT2D eigenvalue weighted by atomic mass is 10.1. The first-order chi connectivity index (χ1) is 11.1. The molecule has 1 N–H and O–H groups in total. The molecule has 0 aliphatic carbocycles. The van der Waals surface area contributed by atoms with E-state index in [1.54, 1.807) is 18.2 Å². The number of benzene rings is 1. The van der Waals surface area contributed by atoms with E-state index in [1.165, 1.54) is 0 Å². The zero-order valence-electron chi connectivity index (χ0n) is 12.8. The molecule has 1 unspecified atom stereocenters. The summed E-state index contributed by atoms with van der Waals surface area (Å²) in [6.07, 6.45) is -0.488. The lowest BCUT2D eigenvalue weighted by Gasteiger charge is -2.52. The van der Waals surface area contributed by atoms with E-state index in [4.69, 9.17) is 4.42 Å². The monoisotopic (exact) mass is 315 g/mol. The van der Waals surface area contributed by atoms with E-state index in [2.05, 4.69) is 0 Å². The Balaban J connectivity index is 1.64. The molecular weight excluding hydrogens is 296 g/mol. The fourth-order valence-electron chi connectivity index (χ4n) is 3.72. The van der Waals surface area contributed by atoms with Crippen molar-refractivity contribution in [2.45, 2.75) is 6.23 Å². The van der Waals surface area contributed by atoms with Crippen LogP contribution < -0.4 is 5.63 Å². The van der Waals surface area contributed by atoms with Gasteiger partial charge in [0.1, 0.15) is 24.2 Å². The molecule has 1 aromatic heterocycles. The number of Topliss-reactive ketones (excluding diaryl/α,β-unsaturated/α-hetero) is 1. The minimum atomic E-state index is -0.580. The molecule has 120 valence electrons. The number of hydrogen-bond acceptors (Lipinski definition) is 5. The van der Waals surface area contributed by atoms with E-state index in [1.807, 2.05) is 17.0 Å². The third kappa shape index (κ3) is 2.49. The topological polar surface area (TPSA) is 70.8 Å². The third-order valence-electron chi connectivity index (χ3n) is 5.12. The Morgan fingerprint density at radius 2 is 2.04 bits per heavy atom. The quantitative estimate of drug-likeness (QED) is 0.506. The van der Waals surface area contributed by atoms with Gasteiger partial charge in [0.05, 0.1) is 26.2 Å². The van der Waals surface area contributed by atoms with Gasteiger partial charge in [0.15, 0.2) is 6.23 Å². The normalized spacial score (nSPS) is 29.8. The third-order valence-corrected chi connectivity index (χ3v) is 5.12. The second-order valence-corrected chi connectivity index (χ2v) is 6.55. The van der Waals surface area contributed by atoms with E-state index in [0.717, 1.165) is 31.6 Å². The van der Waals surface area contributed by atoms with Crippen molar-refractivity contribution in [3.05, 3.63) is 46.3 Å². The summed E-state index contributed by atoms with van der Waals surface area (Å²) in [6, 6.07) is 8.80. The summed E-state index contributed by atoms with van der Waals surface area (Å²) in [5.74, 6) is -0.202. The minimum absolute atomic E-state index is 0.110. The first-order valence-electron chi connectivity index (χ1n) is 7.90. The molecule has 3 aliphatic heterocycles. The van der Waals surface area contributed by atoms with E-state index >= 15 is 0 Å². The Labute approximate surface area is 133 Å². The molecule has 2 bridgehead atoms. The lowest BCUT2D eigenvalue weighted by molar-refractivity contribution is -0.940. The number of nitrogens with zero attached hydrogens (tertiary/aromatic N) is 2. The number of piperazine rings is 3. The molecule has 0 amide bonds. The predicted octanol–water partition coefficient (Wildman–Crippen LogP) is 0.440. The van der Waals surface area contributed by atoms with Gasteiger partial charge in [-0.3, -0.25) is 9.69 Å². The zero-order chi connectivity index (χ0) is 16.0. The molecule has 4 heterocycles. The number of carbonyl (C=O) groups excluding carboxylic acids is 1. The summed E-state index contributed by atoms with van der Waals surface area (Å²) in [4.78, 5) is 26.9. The van der Waals surface area contributed by atoms with Crippen molar-refractivity contribution >= 4 is 16.8 Å². The summed E-state index contributed by atoms with van der Waals surface area (Å²) in [6.45, 7) is 4.05. The van der Waals surface area contributed by atoms with Crippen LogP contribution in [0.4, 0.5) is 0 Å². The van der Waals surface area contributed by atoms with Gasteiger partial charge >= 0.3 is 5.63 Å².